The highest BCUT2D eigenvalue weighted by molar-refractivity contribution is 5.52. The van der Waals surface area contributed by atoms with Gasteiger partial charge in [0.15, 0.2) is 11.6 Å². The van der Waals surface area contributed by atoms with E-state index in [9.17, 15) is 8.78 Å². The summed E-state index contributed by atoms with van der Waals surface area (Å²) in [7, 11) is 0. The molecule has 1 aromatic carbocycles. The molecule has 0 amide bonds. The van der Waals surface area contributed by atoms with Crippen molar-refractivity contribution in [2.45, 2.75) is 18.9 Å². The first-order valence-corrected chi connectivity index (χ1v) is 6.53. The van der Waals surface area contributed by atoms with E-state index in [1.165, 1.54) is 12.1 Å². The number of ether oxygens (including phenoxy) is 1. The van der Waals surface area contributed by atoms with Crippen molar-refractivity contribution < 1.29 is 18.6 Å². The largest absolute Gasteiger partial charge is 0.394 e. The summed E-state index contributed by atoms with van der Waals surface area (Å²) in [5.74, 6) is -2.07. The van der Waals surface area contributed by atoms with E-state index in [0.29, 0.717) is 32.5 Å². The fraction of sp³-hybridized carbons (Fsp3) is 0.500. The van der Waals surface area contributed by atoms with Crippen LogP contribution < -0.4 is 4.90 Å². The van der Waals surface area contributed by atoms with Crippen molar-refractivity contribution in [2.24, 2.45) is 0 Å². The lowest BCUT2D eigenvalue weighted by Crippen LogP contribution is -2.38. The normalized spacial score (nSPS) is 16.2. The summed E-state index contributed by atoms with van der Waals surface area (Å²) in [5.41, 5.74) is -0.102. The van der Waals surface area contributed by atoms with E-state index < -0.39 is 11.6 Å². The minimum Gasteiger partial charge on any atom is -0.394 e. The van der Waals surface area contributed by atoms with Crippen LogP contribution in [0.4, 0.5) is 14.5 Å². The molecule has 108 valence electrons. The monoisotopic (exact) mass is 282 g/mol. The average molecular weight is 282 g/mol. The maximum absolute atomic E-state index is 13.9. The standard InChI is InChI=1S/C14H16F2N2O2/c15-13-10(9-17)1-2-12(14(13)16)18-5-3-11(4-6-18)20-8-7-19/h1-2,11,19H,3-8H2. The molecule has 1 saturated heterocycles. The summed E-state index contributed by atoms with van der Waals surface area (Å²) in [4.78, 5) is 1.75. The summed E-state index contributed by atoms with van der Waals surface area (Å²) >= 11 is 0. The van der Waals surface area contributed by atoms with Crippen LogP contribution in [-0.4, -0.2) is 37.5 Å². The molecular weight excluding hydrogens is 266 g/mol. The first kappa shape index (κ1) is 14.7. The molecule has 0 atom stereocenters. The van der Waals surface area contributed by atoms with Crippen LogP contribution in [0.25, 0.3) is 0 Å². The number of benzene rings is 1. The second-order valence-electron chi connectivity index (χ2n) is 4.65. The highest BCUT2D eigenvalue weighted by Gasteiger charge is 2.23. The van der Waals surface area contributed by atoms with E-state index in [2.05, 4.69) is 0 Å². The first-order chi connectivity index (χ1) is 9.67. The first-order valence-electron chi connectivity index (χ1n) is 6.53. The molecule has 1 aromatic rings. The van der Waals surface area contributed by atoms with Gasteiger partial charge in [-0.05, 0) is 25.0 Å². The van der Waals surface area contributed by atoms with Crippen molar-refractivity contribution in [3.05, 3.63) is 29.3 Å². The number of hydrogen-bond acceptors (Lipinski definition) is 4. The molecule has 0 aromatic heterocycles. The molecule has 1 aliphatic heterocycles. The van der Waals surface area contributed by atoms with Crippen molar-refractivity contribution in [2.75, 3.05) is 31.2 Å². The van der Waals surface area contributed by atoms with Crippen LogP contribution in [0.1, 0.15) is 18.4 Å². The molecule has 20 heavy (non-hydrogen) atoms. The van der Waals surface area contributed by atoms with Crippen molar-refractivity contribution >= 4 is 5.69 Å². The fourth-order valence-electron chi connectivity index (χ4n) is 2.35. The van der Waals surface area contributed by atoms with Crippen molar-refractivity contribution in [1.82, 2.24) is 0 Å². The molecule has 6 heteroatoms. The van der Waals surface area contributed by atoms with E-state index in [-0.39, 0.29) is 24.0 Å². The molecule has 4 nitrogen and oxygen atoms in total. The molecule has 1 fully saturated rings. The zero-order valence-corrected chi connectivity index (χ0v) is 11.0. The van der Waals surface area contributed by atoms with Crippen LogP contribution >= 0.6 is 0 Å². The summed E-state index contributed by atoms with van der Waals surface area (Å²) in [6, 6.07) is 4.35. The van der Waals surface area contributed by atoms with Gasteiger partial charge in [-0.15, -0.1) is 0 Å². The minimum absolute atomic E-state index is 0.0182. The van der Waals surface area contributed by atoms with Crippen LogP contribution in [0.15, 0.2) is 12.1 Å². The second-order valence-corrected chi connectivity index (χ2v) is 4.65. The van der Waals surface area contributed by atoms with Crippen LogP contribution in [-0.2, 0) is 4.74 Å². The number of anilines is 1. The molecule has 0 aliphatic carbocycles. The second kappa shape index (κ2) is 6.64. The zero-order valence-electron chi connectivity index (χ0n) is 11.0. The van der Waals surface area contributed by atoms with Gasteiger partial charge < -0.3 is 14.7 Å². The van der Waals surface area contributed by atoms with Gasteiger partial charge in [-0.25, -0.2) is 8.78 Å². The molecule has 1 aliphatic rings. The topological polar surface area (TPSA) is 56.5 Å². The third-order valence-corrected chi connectivity index (χ3v) is 3.41. The number of halogens is 2. The molecular formula is C14H16F2N2O2. The quantitative estimate of drug-likeness (QED) is 0.915. The van der Waals surface area contributed by atoms with Gasteiger partial charge in [0, 0.05) is 13.1 Å². The Morgan fingerprint density at radius 2 is 2.00 bits per heavy atom. The Kier molecular flexibility index (Phi) is 4.88. The number of hydrogen-bond donors (Lipinski definition) is 1. The Bertz CT molecular complexity index is 509. The Hall–Kier alpha value is -1.71. The van der Waals surface area contributed by atoms with Gasteiger partial charge in [-0.3, -0.25) is 0 Å². The number of nitrogens with zero attached hydrogens (tertiary/aromatic N) is 2. The van der Waals surface area contributed by atoms with E-state index >= 15 is 0 Å². The lowest BCUT2D eigenvalue weighted by Gasteiger charge is -2.33. The lowest BCUT2D eigenvalue weighted by molar-refractivity contribution is 0.0158. The van der Waals surface area contributed by atoms with Crippen LogP contribution in [0.5, 0.6) is 0 Å². The number of aliphatic hydroxyl groups excluding tert-OH is 1. The molecule has 0 saturated carbocycles. The SMILES string of the molecule is N#Cc1ccc(N2CCC(OCCO)CC2)c(F)c1F. The highest BCUT2D eigenvalue weighted by atomic mass is 19.2. The number of aliphatic hydroxyl groups is 1. The Morgan fingerprint density at radius 1 is 1.30 bits per heavy atom. The summed E-state index contributed by atoms with van der Waals surface area (Å²) in [6.45, 7) is 1.39. The fourth-order valence-corrected chi connectivity index (χ4v) is 2.35. The number of nitriles is 1. The van der Waals surface area contributed by atoms with Crippen LogP contribution in [0.2, 0.25) is 0 Å². The maximum atomic E-state index is 13.9. The predicted octanol–water partition coefficient (Wildman–Crippen LogP) is 1.81. The summed E-state index contributed by atoms with van der Waals surface area (Å²) in [6.07, 6.45) is 1.44. The van der Waals surface area contributed by atoms with E-state index in [4.69, 9.17) is 15.1 Å². The Labute approximate surface area is 116 Å². The Morgan fingerprint density at radius 3 is 2.60 bits per heavy atom. The van der Waals surface area contributed by atoms with Crippen LogP contribution in [0, 0.1) is 23.0 Å². The average Bonchev–Trinajstić information content (AvgIpc) is 2.48. The zero-order chi connectivity index (χ0) is 14.5. The third kappa shape index (κ3) is 3.06. The smallest absolute Gasteiger partial charge is 0.183 e. The molecule has 2 rings (SSSR count). The van der Waals surface area contributed by atoms with Gasteiger partial charge in [-0.1, -0.05) is 0 Å². The molecule has 0 spiro atoms. The van der Waals surface area contributed by atoms with Gasteiger partial charge in [0.1, 0.15) is 6.07 Å². The Balaban J connectivity index is 2.04. The summed E-state index contributed by atoms with van der Waals surface area (Å²) < 4.78 is 32.9. The number of piperidine rings is 1. The van der Waals surface area contributed by atoms with Crippen molar-refractivity contribution in [1.29, 1.82) is 5.26 Å². The third-order valence-electron chi connectivity index (χ3n) is 3.41. The predicted molar refractivity (Wildman–Crippen MR) is 69.3 cm³/mol. The lowest BCUT2D eigenvalue weighted by atomic mass is 10.1. The van der Waals surface area contributed by atoms with Gasteiger partial charge in [0.2, 0.25) is 0 Å². The van der Waals surface area contributed by atoms with Gasteiger partial charge in [0.25, 0.3) is 0 Å². The van der Waals surface area contributed by atoms with Gasteiger partial charge >= 0.3 is 0 Å². The molecule has 1 heterocycles. The minimum atomic E-state index is -1.09. The molecule has 1 N–H and O–H groups in total. The summed E-state index contributed by atoms with van der Waals surface area (Å²) in [5, 5.41) is 17.3. The van der Waals surface area contributed by atoms with E-state index in [0.717, 1.165) is 0 Å². The maximum Gasteiger partial charge on any atom is 0.183 e. The van der Waals surface area contributed by atoms with Gasteiger partial charge in [-0.2, -0.15) is 5.26 Å². The van der Waals surface area contributed by atoms with Crippen molar-refractivity contribution in [3.8, 4) is 6.07 Å². The van der Waals surface area contributed by atoms with Crippen LogP contribution in [0.3, 0.4) is 0 Å². The van der Waals surface area contributed by atoms with Gasteiger partial charge in [0.05, 0.1) is 30.6 Å². The highest BCUT2D eigenvalue weighted by Crippen LogP contribution is 2.27. The number of rotatable bonds is 4. The van der Waals surface area contributed by atoms with E-state index in [1.54, 1.807) is 11.0 Å². The molecule has 0 unspecified atom stereocenters. The molecule has 0 bridgehead atoms. The van der Waals surface area contributed by atoms with E-state index in [1.807, 2.05) is 0 Å². The van der Waals surface area contributed by atoms with Crippen molar-refractivity contribution in [3.63, 3.8) is 0 Å². The molecule has 0 radical (unpaired) electrons.